The van der Waals surface area contributed by atoms with E-state index >= 15 is 0 Å². The average Bonchev–Trinajstić information content (AvgIpc) is 3.11. The van der Waals surface area contributed by atoms with Gasteiger partial charge in [0.2, 0.25) is 0 Å². The number of fused-ring (bicyclic) bond motifs is 1. The van der Waals surface area contributed by atoms with Gasteiger partial charge in [-0.2, -0.15) is 5.10 Å². The molecule has 4 aromatic rings. The molecule has 2 aromatic carbocycles. The Morgan fingerprint density at radius 2 is 1.56 bits per heavy atom. The molecular weight excluding hydrogens is 378 g/mol. The van der Waals surface area contributed by atoms with Crippen LogP contribution in [0, 0.1) is 0 Å². The van der Waals surface area contributed by atoms with Gasteiger partial charge in [-0.05, 0) is 36.4 Å². The molecule has 2 aromatic heterocycles. The fraction of sp³-hybridized carbons (Fsp3) is 0.100. The second-order valence-corrected chi connectivity index (χ2v) is 8.85. The Morgan fingerprint density at radius 1 is 0.815 bits per heavy atom. The standard InChI is InChI=1S/C20H17N3O2S2/c1-26(24)16-8-6-14(7-9-16)18-10-11-20-21-13-19(23(20)22-18)15-4-3-5-17(12-15)27(2)25/h3-13H,1-2H3. The number of hydrogen-bond donors (Lipinski definition) is 0. The van der Waals surface area contributed by atoms with Crippen molar-refractivity contribution < 1.29 is 8.42 Å². The monoisotopic (exact) mass is 395 g/mol. The first-order valence-electron chi connectivity index (χ1n) is 8.25. The zero-order valence-electron chi connectivity index (χ0n) is 14.8. The van der Waals surface area contributed by atoms with Gasteiger partial charge in [-0.1, -0.05) is 24.3 Å². The van der Waals surface area contributed by atoms with Gasteiger partial charge in [0.05, 0.1) is 17.6 Å². The topological polar surface area (TPSA) is 64.3 Å². The summed E-state index contributed by atoms with van der Waals surface area (Å²) < 4.78 is 25.2. The van der Waals surface area contributed by atoms with Crippen LogP contribution in [0.5, 0.6) is 0 Å². The van der Waals surface area contributed by atoms with Crippen LogP contribution in [-0.4, -0.2) is 35.5 Å². The van der Waals surface area contributed by atoms with Crippen molar-refractivity contribution in [1.82, 2.24) is 14.6 Å². The minimum atomic E-state index is -1.05. The first kappa shape index (κ1) is 17.8. The summed E-state index contributed by atoms with van der Waals surface area (Å²) in [4.78, 5) is 5.98. The van der Waals surface area contributed by atoms with E-state index in [9.17, 15) is 8.42 Å². The molecule has 0 saturated heterocycles. The zero-order chi connectivity index (χ0) is 19.0. The summed E-state index contributed by atoms with van der Waals surface area (Å²) in [7, 11) is -2.05. The van der Waals surface area contributed by atoms with Crippen LogP contribution in [0.2, 0.25) is 0 Å². The molecule has 4 rings (SSSR count). The molecule has 2 unspecified atom stereocenters. The summed E-state index contributed by atoms with van der Waals surface area (Å²) >= 11 is 0. The molecule has 0 N–H and O–H groups in total. The molecule has 0 aliphatic carbocycles. The summed E-state index contributed by atoms with van der Waals surface area (Å²) in [5.74, 6) is 0. The molecule has 0 radical (unpaired) electrons. The van der Waals surface area contributed by atoms with Crippen LogP contribution in [0.4, 0.5) is 0 Å². The third-order valence-electron chi connectivity index (χ3n) is 4.31. The molecule has 2 heterocycles. The van der Waals surface area contributed by atoms with E-state index in [0.29, 0.717) is 0 Å². The molecule has 5 nitrogen and oxygen atoms in total. The highest BCUT2D eigenvalue weighted by molar-refractivity contribution is 7.84. The van der Waals surface area contributed by atoms with Crippen molar-refractivity contribution in [2.45, 2.75) is 9.79 Å². The van der Waals surface area contributed by atoms with Gasteiger partial charge >= 0.3 is 0 Å². The van der Waals surface area contributed by atoms with Crippen LogP contribution < -0.4 is 0 Å². The highest BCUT2D eigenvalue weighted by Gasteiger charge is 2.10. The maximum Gasteiger partial charge on any atom is 0.154 e. The van der Waals surface area contributed by atoms with Gasteiger partial charge in [-0.15, -0.1) is 0 Å². The number of nitrogens with zero attached hydrogens (tertiary/aromatic N) is 3. The smallest absolute Gasteiger partial charge is 0.154 e. The van der Waals surface area contributed by atoms with Crippen LogP contribution in [0.25, 0.3) is 28.2 Å². The quantitative estimate of drug-likeness (QED) is 0.530. The lowest BCUT2D eigenvalue weighted by atomic mass is 10.1. The van der Waals surface area contributed by atoms with E-state index in [4.69, 9.17) is 5.10 Å². The Hall–Kier alpha value is -2.64. The molecule has 27 heavy (non-hydrogen) atoms. The van der Waals surface area contributed by atoms with E-state index in [1.807, 2.05) is 60.7 Å². The van der Waals surface area contributed by atoms with Gasteiger partial charge in [-0.25, -0.2) is 9.50 Å². The predicted molar refractivity (Wildman–Crippen MR) is 109 cm³/mol. The molecule has 0 amide bonds. The summed E-state index contributed by atoms with van der Waals surface area (Å²) in [5.41, 5.74) is 4.23. The zero-order valence-corrected chi connectivity index (χ0v) is 16.5. The maximum atomic E-state index is 11.8. The number of aromatic nitrogens is 3. The summed E-state index contributed by atoms with van der Waals surface area (Å²) in [6.45, 7) is 0. The largest absolute Gasteiger partial charge is 0.255 e. The van der Waals surface area contributed by atoms with Gasteiger partial charge in [0.15, 0.2) is 5.65 Å². The molecule has 0 spiro atoms. The van der Waals surface area contributed by atoms with E-state index in [-0.39, 0.29) is 0 Å². The minimum absolute atomic E-state index is 0.739. The van der Waals surface area contributed by atoms with Crippen molar-refractivity contribution >= 4 is 27.2 Å². The molecule has 0 saturated carbocycles. The van der Waals surface area contributed by atoms with Gasteiger partial charge < -0.3 is 0 Å². The van der Waals surface area contributed by atoms with Gasteiger partial charge in [0.1, 0.15) is 0 Å². The predicted octanol–water partition coefficient (Wildman–Crippen LogP) is 3.54. The van der Waals surface area contributed by atoms with Crippen LogP contribution >= 0.6 is 0 Å². The Balaban J connectivity index is 1.81. The lowest BCUT2D eigenvalue weighted by Gasteiger charge is -2.06. The van der Waals surface area contributed by atoms with Crippen LogP contribution in [0.1, 0.15) is 0 Å². The fourth-order valence-corrected chi connectivity index (χ4v) is 3.96. The lowest BCUT2D eigenvalue weighted by Crippen LogP contribution is -1.97. The van der Waals surface area contributed by atoms with Gasteiger partial charge in [0.25, 0.3) is 0 Å². The second kappa shape index (κ2) is 7.17. The van der Waals surface area contributed by atoms with Crippen molar-refractivity contribution in [2.75, 3.05) is 12.5 Å². The molecule has 2 atom stereocenters. The third kappa shape index (κ3) is 3.48. The molecule has 0 aliphatic heterocycles. The lowest BCUT2D eigenvalue weighted by molar-refractivity contribution is 0.686. The van der Waals surface area contributed by atoms with Crippen LogP contribution in [0.15, 0.2) is 76.7 Å². The molecular formula is C20H17N3O2S2. The van der Waals surface area contributed by atoms with E-state index < -0.39 is 21.6 Å². The summed E-state index contributed by atoms with van der Waals surface area (Å²) in [6.07, 6.45) is 5.10. The van der Waals surface area contributed by atoms with Crippen molar-refractivity contribution in [3.8, 4) is 22.5 Å². The minimum Gasteiger partial charge on any atom is -0.255 e. The molecule has 7 heteroatoms. The molecule has 0 aliphatic rings. The number of hydrogen-bond acceptors (Lipinski definition) is 4. The Labute approximate surface area is 162 Å². The Bertz CT molecular complexity index is 1180. The fourth-order valence-electron chi connectivity index (χ4n) is 2.88. The maximum absolute atomic E-state index is 11.8. The van der Waals surface area contributed by atoms with Crippen molar-refractivity contribution in [3.05, 3.63) is 66.9 Å². The van der Waals surface area contributed by atoms with Gasteiger partial charge in [-0.3, -0.25) is 8.42 Å². The van der Waals surface area contributed by atoms with Gasteiger partial charge in [0, 0.05) is 55.0 Å². The molecule has 136 valence electrons. The first-order chi connectivity index (χ1) is 13.0. The van der Waals surface area contributed by atoms with E-state index in [1.165, 1.54) is 0 Å². The highest BCUT2D eigenvalue weighted by Crippen LogP contribution is 2.25. The SMILES string of the molecule is CS(=O)c1ccc(-c2ccc3ncc(-c4cccc(S(C)=O)c4)n3n2)cc1. The second-order valence-electron chi connectivity index (χ2n) is 6.09. The Kier molecular flexibility index (Phi) is 4.72. The van der Waals surface area contributed by atoms with Crippen LogP contribution in [-0.2, 0) is 21.6 Å². The van der Waals surface area contributed by atoms with Crippen molar-refractivity contribution in [3.63, 3.8) is 0 Å². The third-order valence-corrected chi connectivity index (χ3v) is 6.16. The number of rotatable bonds is 4. The summed E-state index contributed by atoms with van der Waals surface area (Å²) in [6, 6.07) is 19.0. The van der Waals surface area contributed by atoms with E-state index in [2.05, 4.69) is 4.98 Å². The van der Waals surface area contributed by atoms with E-state index in [0.717, 1.165) is 38.0 Å². The number of imidazole rings is 1. The van der Waals surface area contributed by atoms with Crippen molar-refractivity contribution in [1.29, 1.82) is 0 Å². The average molecular weight is 396 g/mol. The molecule has 0 fully saturated rings. The van der Waals surface area contributed by atoms with Crippen molar-refractivity contribution in [2.24, 2.45) is 0 Å². The summed E-state index contributed by atoms with van der Waals surface area (Å²) in [5, 5.41) is 4.73. The molecule has 0 bridgehead atoms. The Morgan fingerprint density at radius 3 is 2.26 bits per heavy atom. The highest BCUT2D eigenvalue weighted by atomic mass is 32.2. The first-order valence-corrected chi connectivity index (χ1v) is 11.4. The van der Waals surface area contributed by atoms with Crippen LogP contribution in [0.3, 0.4) is 0 Å². The van der Waals surface area contributed by atoms with E-state index in [1.54, 1.807) is 23.2 Å². The normalized spacial score (nSPS) is 13.6. The number of benzene rings is 2.